The van der Waals surface area contributed by atoms with E-state index in [4.69, 9.17) is 0 Å². The summed E-state index contributed by atoms with van der Waals surface area (Å²) >= 11 is 0. The van der Waals surface area contributed by atoms with Crippen molar-refractivity contribution < 1.29 is 26.7 Å². The molecule has 0 fully saturated rings. The first kappa shape index (κ1) is 19.3. The van der Waals surface area contributed by atoms with Gasteiger partial charge in [-0.1, -0.05) is 12.1 Å². The minimum atomic E-state index is -4.53. The summed E-state index contributed by atoms with van der Waals surface area (Å²) in [4.78, 5) is 16.0. The van der Waals surface area contributed by atoms with Gasteiger partial charge in [0, 0.05) is 11.8 Å². The standard InChI is InChI=1S/C19H12F5N3O/c20-14-7-5-11(9-15(14)21)27-18(28)17-8-6-12(10-25-17)26-16-4-2-1-3-13(16)19(22,23)24/h1-10,26H,(H,27,28). The van der Waals surface area contributed by atoms with Gasteiger partial charge < -0.3 is 10.6 Å². The highest BCUT2D eigenvalue weighted by Gasteiger charge is 2.33. The minimum Gasteiger partial charge on any atom is -0.354 e. The molecule has 28 heavy (non-hydrogen) atoms. The Balaban J connectivity index is 1.73. The van der Waals surface area contributed by atoms with Crippen molar-refractivity contribution in [1.82, 2.24) is 4.98 Å². The Kier molecular flexibility index (Phi) is 5.25. The molecule has 1 aromatic heterocycles. The van der Waals surface area contributed by atoms with Crippen LogP contribution in [0.15, 0.2) is 60.8 Å². The summed E-state index contributed by atoms with van der Waals surface area (Å²) in [6.07, 6.45) is -3.34. The van der Waals surface area contributed by atoms with Gasteiger partial charge in [0.15, 0.2) is 11.6 Å². The van der Waals surface area contributed by atoms with Crippen LogP contribution in [0, 0.1) is 11.6 Å². The molecule has 3 aromatic rings. The van der Waals surface area contributed by atoms with Gasteiger partial charge in [0.1, 0.15) is 5.69 Å². The number of hydrogen-bond acceptors (Lipinski definition) is 3. The molecule has 0 aliphatic heterocycles. The molecule has 1 heterocycles. The number of rotatable bonds is 4. The Morgan fingerprint density at radius 3 is 2.25 bits per heavy atom. The number of pyridine rings is 1. The number of carbonyl (C=O) groups excluding carboxylic acids is 1. The number of para-hydroxylation sites is 1. The number of carbonyl (C=O) groups is 1. The predicted molar refractivity (Wildman–Crippen MR) is 93.3 cm³/mol. The fraction of sp³-hybridized carbons (Fsp3) is 0.0526. The average Bonchev–Trinajstić information content (AvgIpc) is 2.65. The SMILES string of the molecule is O=C(Nc1ccc(F)c(F)c1)c1ccc(Nc2ccccc2C(F)(F)F)cn1. The van der Waals surface area contributed by atoms with Crippen LogP contribution in [0.1, 0.15) is 16.1 Å². The van der Waals surface area contributed by atoms with E-state index in [0.29, 0.717) is 0 Å². The molecule has 3 rings (SSSR count). The molecule has 9 heteroatoms. The number of alkyl halides is 3. The number of amides is 1. The van der Waals surface area contributed by atoms with Crippen molar-refractivity contribution in [2.24, 2.45) is 0 Å². The van der Waals surface area contributed by atoms with E-state index in [-0.39, 0.29) is 22.8 Å². The number of benzene rings is 2. The highest BCUT2D eigenvalue weighted by Crippen LogP contribution is 2.35. The predicted octanol–water partition coefficient (Wildman–Crippen LogP) is 5.37. The number of aromatic nitrogens is 1. The maximum Gasteiger partial charge on any atom is 0.418 e. The molecule has 0 bridgehead atoms. The summed E-state index contributed by atoms with van der Waals surface area (Å²) < 4.78 is 65.2. The Labute approximate surface area is 156 Å². The zero-order valence-electron chi connectivity index (χ0n) is 14.0. The van der Waals surface area contributed by atoms with Crippen molar-refractivity contribution >= 4 is 23.0 Å². The molecule has 2 N–H and O–H groups in total. The molecule has 0 radical (unpaired) electrons. The second-order valence-electron chi connectivity index (χ2n) is 5.68. The van der Waals surface area contributed by atoms with Crippen molar-refractivity contribution in [3.05, 3.63) is 83.7 Å². The van der Waals surface area contributed by atoms with Gasteiger partial charge in [-0.2, -0.15) is 13.2 Å². The van der Waals surface area contributed by atoms with Gasteiger partial charge in [0.05, 0.1) is 23.1 Å². The molecule has 2 aromatic carbocycles. The first-order chi connectivity index (χ1) is 13.2. The van der Waals surface area contributed by atoms with E-state index in [0.717, 1.165) is 18.2 Å². The van der Waals surface area contributed by atoms with Gasteiger partial charge in [-0.3, -0.25) is 4.79 Å². The Bertz CT molecular complexity index is 1000. The monoisotopic (exact) mass is 393 g/mol. The third kappa shape index (κ3) is 4.43. The van der Waals surface area contributed by atoms with Crippen molar-refractivity contribution in [3.8, 4) is 0 Å². The molecule has 0 aliphatic rings. The second-order valence-corrected chi connectivity index (χ2v) is 5.68. The highest BCUT2D eigenvalue weighted by molar-refractivity contribution is 6.02. The van der Waals surface area contributed by atoms with E-state index in [1.54, 1.807) is 0 Å². The molecule has 0 unspecified atom stereocenters. The van der Waals surface area contributed by atoms with E-state index < -0.39 is 29.3 Å². The lowest BCUT2D eigenvalue weighted by Gasteiger charge is -2.14. The normalized spacial score (nSPS) is 11.2. The zero-order valence-corrected chi connectivity index (χ0v) is 14.0. The Morgan fingerprint density at radius 2 is 1.61 bits per heavy atom. The third-order valence-electron chi connectivity index (χ3n) is 3.69. The van der Waals surface area contributed by atoms with E-state index >= 15 is 0 Å². The maximum atomic E-state index is 13.2. The van der Waals surface area contributed by atoms with E-state index in [2.05, 4.69) is 15.6 Å². The summed E-state index contributed by atoms with van der Waals surface area (Å²) in [7, 11) is 0. The van der Waals surface area contributed by atoms with Crippen molar-refractivity contribution in [2.45, 2.75) is 6.18 Å². The molecule has 144 valence electrons. The minimum absolute atomic E-state index is 0.0343. The number of nitrogens with zero attached hydrogens (tertiary/aromatic N) is 1. The lowest BCUT2D eigenvalue weighted by molar-refractivity contribution is -0.136. The van der Waals surface area contributed by atoms with Crippen LogP contribution < -0.4 is 10.6 Å². The average molecular weight is 393 g/mol. The fourth-order valence-corrected chi connectivity index (χ4v) is 2.37. The van der Waals surface area contributed by atoms with Crippen LogP contribution >= 0.6 is 0 Å². The first-order valence-corrected chi connectivity index (χ1v) is 7.90. The molecule has 1 amide bonds. The van der Waals surface area contributed by atoms with Crippen molar-refractivity contribution in [1.29, 1.82) is 0 Å². The quantitative estimate of drug-likeness (QED) is 0.586. The van der Waals surface area contributed by atoms with Gasteiger partial charge >= 0.3 is 6.18 Å². The second kappa shape index (κ2) is 7.63. The molecule has 0 aliphatic carbocycles. The molecule has 0 saturated heterocycles. The fourth-order valence-electron chi connectivity index (χ4n) is 2.37. The molecular weight excluding hydrogens is 381 g/mol. The van der Waals surface area contributed by atoms with E-state index in [9.17, 15) is 26.7 Å². The van der Waals surface area contributed by atoms with Crippen molar-refractivity contribution in [3.63, 3.8) is 0 Å². The summed E-state index contributed by atoms with van der Waals surface area (Å²) in [6.45, 7) is 0. The van der Waals surface area contributed by atoms with Crippen LogP contribution in [-0.4, -0.2) is 10.9 Å². The summed E-state index contributed by atoms with van der Waals surface area (Å²) in [5.41, 5.74) is -0.779. The van der Waals surface area contributed by atoms with Gasteiger partial charge in [-0.15, -0.1) is 0 Å². The van der Waals surface area contributed by atoms with Crippen LogP contribution in [-0.2, 0) is 6.18 Å². The van der Waals surface area contributed by atoms with Gasteiger partial charge in [-0.05, 0) is 36.4 Å². The van der Waals surface area contributed by atoms with Gasteiger partial charge in [0.25, 0.3) is 5.91 Å². The molecular formula is C19H12F5N3O. The van der Waals surface area contributed by atoms with Gasteiger partial charge in [-0.25, -0.2) is 13.8 Å². The number of halogens is 5. The van der Waals surface area contributed by atoms with Crippen LogP contribution in [0.25, 0.3) is 0 Å². The molecule has 0 saturated carbocycles. The smallest absolute Gasteiger partial charge is 0.354 e. The molecule has 4 nitrogen and oxygen atoms in total. The topological polar surface area (TPSA) is 54.0 Å². The lowest BCUT2D eigenvalue weighted by Crippen LogP contribution is -2.14. The molecule has 0 atom stereocenters. The largest absolute Gasteiger partial charge is 0.418 e. The summed E-state index contributed by atoms with van der Waals surface area (Å²) in [6, 6.07) is 10.5. The number of hydrogen-bond donors (Lipinski definition) is 2. The van der Waals surface area contributed by atoms with E-state index in [1.807, 2.05) is 0 Å². The van der Waals surface area contributed by atoms with Crippen LogP contribution in [0.4, 0.5) is 39.0 Å². The number of anilines is 3. The summed E-state index contributed by atoms with van der Waals surface area (Å²) in [5.74, 6) is -2.85. The first-order valence-electron chi connectivity index (χ1n) is 7.90. The zero-order chi connectivity index (χ0) is 20.3. The van der Waals surface area contributed by atoms with E-state index in [1.165, 1.54) is 42.6 Å². The Hall–Kier alpha value is -3.49. The highest BCUT2D eigenvalue weighted by atomic mass is 19.4. The maximum absolute atomic E-state index is 13.2. The summed E-state index contributed by atoms with van der Waals surface area (Å²) in [5, 5.41) is 4.95. The Morgan fingerprint density at radius 1 is 0.893 bits per heavy atom. The lowest BCUT2D eigenvalue weighted by atomic mass is 10.1. The van der Waals surface area contributed by atoms with Crippen LogP contribution in [0.5, 0.6) is 0 Å². The number of nitrogens with one attached hydrogen (secondary N) is 2. The van der Waals surface area contributed by atoms with Crippen molar-refractivity contribution in [2.75, 3.05) is 10.6 Å². The van der Waals surface area contributed by atoms with Crippen LogP contribution in [0.2, 0.25) is 0 Å². The molecule has 0 spiro atoms. The van der Waals surface area contributed by atoms with Crippen LogP contribution in [0.3, 0.4) is 0 Å². The van der Waals surface area contributed by atoms with Gasteiger partial charge in [0.2, 0.25) is 0 Å². The third-order valence-corrected chi connectivity index (χ3v) is 3.69.